The summed E-state index contributed by atoms with van der Waals surface area (Å²) < 4.78 is 34.0. The number of rotatable bonds is 4. The van der Waals surface area contributed by atoms with E-state index in [1.807, 2.05) is 58.2 Å². The van der Waals surface area contributed by atoms with Crippen LogP contribution in [0.15, 0.2) is 60.9 Å². The Bertz CT molecular complexity index is 1540. The number of benzene rings is 2. The lowest BCUT2D eigenvalue weighted by Gasteiger charge is -2.44. The zero-order chi connectivity index (χ0) is 30.0. The Hall–Kier alpha value is -4.45. The second-order valence-electron chi connectivity index (χ2n) is 12.0. The first-order chi connectivity index (χ1) is 20.0. The minimum absolute atomic E-state index is 0.0745. The number of fused-ring (bicyclic) bond motifs is 3. The Kier molecular flexibility index (Phi) is 8.17. The topological polar surface area (TPSA) is 74.8 Å². The molecule has 3 atom stereocenters. The van der Waals surface area contributed by atoms with Gasteiger partial charge in [0.05, 0.1) is 24.2 Å². The van der Waals surface area contributed by atoms with Gasteiger partial charge in [-0.3, -0.25) is 9.78 Å². The number of carbonyl (C=O) groups excluding carboxylic acids is 2. The van der Waals surface area contributed by atoms with Gasteiger partial charge in [0.15, 0.2) is 0 Å². The first-order valence-electron chi connectivity index (χ1n) is 14.0. The summed E-state index contributed by atoms with van der Waals surface area (Å²) in [4.78, 5) is 34.0. The molecule has 9 heteroatoms. The van der Waals surface area contributed by atoms with Crippen LogP contribution in [0.5, 0.6) is 0 Å². The molecule has 1 unspecified atom stereocenters. The highest BCUT2D eigenvalue weighted by atomic mass is 19.1. The highest BCUT2D eigenvalue weighted by Gasteiger charge is 2.48. The van der Waals surface area contributed by atoms with E-state index < -0.39 is 17.7 Å². The number of hydrogen-bond donors (Lipinski definition) is 1. The van der Waals surface area contributed by atoms with E-state index in [9.17, 15) is 18.4 Å². The van der Waals surface area contributed by atoms with Crippen molar-refractivity contribution in [3.8, 4) is 11.8 Å². The van der Waals surface area contributed by atoms with E-state index in [1.54, 1.807) is 17.3 Å². The number of halogens is 2. The predicted molar refractivity (Wildman–Crippen MR) is 157 cm³/mol. The van der Waals surface area contributed by atoms with E-state index in [0.717, 1.165) is 40.6 Å². The van der Waals surface area contributed by atoms with Gasteiger partial charge >= 0.3 is 12.0 Å². The van der Waals surface area contributed by atoms with Crippen molar-refractivity contribution < 1.29 is 23.1 Å². The fourth-order valence-corrected chi connectivity index (χ4v) is 5.76. The van der Waals surface area contributed by atoms with E-state index in [1.165, 1.54) is 0 Å². The Morgan fingerprint density at radius 2 is 1.88 bits per heavy atom. The number of nitrogens with zero attached hydrogens (tertiary/aromatic N) is 3. The van der Waals surface area contributed by atoms with E-state index in [0.29, 0.717) is 19.4 Å². The predicted octanol–water partition coefficient (Wildman–Crippen LogP) is 6.15. The molecular formula is C33H34F2N4O3. The summed E-state index contributed by atoms with van der Waals surface area (Å²) in [6.07, 6.45) is 4.31. The first-order valence-corrected chi connectivity index (χ1v) is 14.0. The Morgan fingerprint density at radius 3 is 2.62 bits per heavy atom. The molecule has 3 aromatic rings. The van der Waals surface area contributed by atoms with Gasteiger partial charge in [0.1, 0.15) is 18.2 Å². The summed E-state index contributed by atoms with van der Waals surface area (Å²) in [6.45, 7) is 6.51. The molecule has 1 aromatic heterocycles. The first kappa shape index (κ1) is 29.1. The number of likely N-dealkylation sites (N-methyl/N-ethyl adjacent to an activating group) is 1. The molecule has 5 rings (SSSR count). The Balaban J connectivity index is 1.48. The lowest BCUT2D eigenvalue weighted by molar-refractivity contribution is -0.146. The summed E-state index contributed by atoms with van der Waals surface area (Å²) in [7, 11) is 1.96. The quantitative estimate of drug-likeness (QED) is 0.300. The smallest absolute Gasteiger partial charge is 0.322 e. The van der Waals surface area contributed by atoms with Crippen molar-refractivity contribution >= 4 is 23.4 Å². The molecule has 0 bridgehead atoms. The van der Waals surface area contributed by atoms with Crippen molar-refractivity contribution in [2.75, 3.05) is 30.4 Å². The average Bonchev–Trinajstić information content (AvgIpc) is 3.39. The van der Waals surface area contributed by atoms with Crippen LogP contribution in [-0.4, -0.2) is 48.1 Å². The third kappa shape index (κ3) is 6.38. The van der Waals surface area contributed by atoms with Crippen molar-refractivity contribution in [3.63, 3.8) is 0 Å². The van der Waals surface area contributed by atoms with Crippen LogP contribution in [0.4, 0.5) is 25.0 Å². The van der Waals surface area contributed by atoms with Crippen LogP contribution < -0.4 is 10.2 Å². The van der Waals surface area contributed by atoms with Gasteiger partial charge in [-0.2, -0.15) is 0 Å². The number of amides is 2. The number of esters is 1. The molecule has 2 amide bonds. The lowest BCUT2D eigenvalue weighted by atomic mass is 9.81. The van der Waals surface area contributed by atoms with Gasteiger partial charge in [-0.25, -0.2) is 13.6 Å². The van der Waals surface area contributed by atoms with Gasteiger partial charge in [0.2, 0.25) is 0 Å². The number of urea groups is 1. The minimum atomic E-state index is -0.721. The SMILES string of the molecule is CN1c2ccc(C#Cc3cccnc3)cc2C2[C@H](CCN2C(=O)Nc2cc(F)ccc2F)[C@@H]1COC(=O)CC(C)(C)C. The van der Waals surface area contributed by atoms with Crippen LogP contribution in [0.2, 0.25) is 0 Å². The lowest BCUT2D eigenvalue weighted by Crippen LogP contribution is -2.49. The highest BCUT2D eigenvalue weighted by molar-refractivity contribution is 5.90. The fourth-order valence-electron chi connectivity index (χ4n) is 5.76. The van der Waals surface area contributed by atoms with Crippen molar-refractivity contribution in [2.24, 2.45) is 11.3 Å². The molecule has 0 spiro atoms. The molecule has 1 N–H and O–H groups in total. The van der Waals surface area contributed by atoms with Gasteiger partial charge in [-0.05, 0) is 59.9 Å². The molecule has 2 aliphatic heterocycles. The molecule has 2 aliphatic rings. The van der Waals surface area contributed by atoms with Crippen LogP contribution in [0.1, 0.15) is 56.3 Å². The maximum Gasteiger partial charge on any atom is 0.322 e. The van der Waals surface area contributed by atoms with Crippen LogP contribution in [0.3, 0.4) is 0 Å². The Morgan fingerprint density at radius 1 is 1.10 bits per heavy atom. The third-order valence-corrected chi connectivity index (χ3v) is 7.70. The molecule has 3 heterocycles. The normalized spacial score (nSPS) is 19.3. The van der Waals surface area contributed by atoms with Crippen molar-refractivity contribution in [1.82, 2.24) is 9.88 Å². The third-order valence-electron chi connectivity index (χ3n) is 7.70. The largest absolute Gasteiger partial charge is 0.463 e. The van der Waals surface area contributed by atoms with Crippen LogP contribution >= 0.6 is 0 Å². The van der Waals surface area contributed by atoms with E-state index >= 15 is 0 Å². The maximum absolute atomic E-state index is 14.4. The summed E-state index contributed by atoms with van der Waals surface area (Å²) in [6, 6.07) is 11.4. The molecule has 0 saturated carbocycles. The van der Waals surface area contributed by atoms with Gasteiger partial charge in [-0.1, -0.05) is 32.6 Å². The standard InChI is InChI=1S/C33H34F2N4O3/c1-33(2,3)18-30(40)42-20-29-24-13-15-39(32(41)37-27-17-23(34)10-11-26(27)35)31(24)25-16-21(9-12-28(25)38(29)4)7-8-22-6-5-14-36-19-22/h5-6,9-12,14,16-17,19,24,29,31H,13,15,18,20H2,1-4H3,(H,37,41)/t24-,29+,31?/m1/s1. The second kappa shape index (κ2) is 11.8. The van der Waals surface area contributed by atoms with Gasteiger partial charge in [0.25, 0.3) is 0 Å². The average molecular weight is 573 g/mol. The molecule has 1 fully saturated rings. The number of likely N-dealkylation sites (tertiary alicyclic amines) is 1. The van der Waals surface area contributed by atoms with Crippen molar-refractivity contribution in [1.29, 1.82) is 0 Å². The fraction of sp³-hybridized carbons (Fsp3) is 0.364. The molecule has 0 radical (unpaired) electrons. The molecule has 2 aromatic carbocycles. The summed E-state index contributed by atoms with van der Waals surface area (Å²) >= 11 is 0. The van der Waals surface area contributed by atoms with Crippen LogP contribution in [0.25, 0.3) is 0 Å². The summed E-state index contributed by atoms with van der Waals surface area (Å²) in [5.74, 6) is 4.60. The Labute approximate surface area is 244 Å². The number of aromatic nitrogens is 1. The van der Waals surface area contributed by atoms with Crippen LogP contribution in [0, 0.1) is 34.8 Å². The molecule has 218 valence electrons. The van der Waals surface area contributed by atoms with Gasteiger partial charge < -0.3 is 19.9 Å². The van der Waals surface area contributed by atoms with E-state index in [4.69, 9.17) is 4.74 Å². The molecular weight excluding hydrogens is 538 g/mol. The minimum Gasteiger partial charge on any atom is -0.463 e. The number of pyridine rings is 1. The zero-order valence-corrected chi connectivity index (χ0v) is 24.2. The number of nitrogens with one attached hydrogen (secondary N) is 1. The highest BCUT2D eigenvalue weighted by Crippen LogP contribution is 2.49. The van der Waals surface area contributed by atoms with Crippen LogP contribution in [-0.2, 0) is 9.53 Å². The maximum atomic E-state index is 14.4. The van der Waals surface area contributed by atoms with Gasteiger partial charge in [-0.15, -0.1) is 0 Å². The van der Waals surface area contributed by atoms with Gasteiger partial charge in [0, 0.05) is 54.8 Å². The molecule has 42 heavy (non-hydrogen) atoms. The molecule has 1 saturated heterocycles. The number of carbonyl (C=O) groups is 2. The van der Waals surface area contributed by atoms with E-state index in [-0.39, 0.29) is 41.7 Å². The summed E-state index contributed by atoms with van der Waals surface area (Å²) in [5.41, 5.74) is 2.90. The molecule has 0 aliphatic carbocycles. The monoisotopic (exact) mass is 572 g/mol. The zero-order valence-electron chi connectivity index (χ0n) is 24.2. The van der Waals surface area contributed by atoms with Crippen molar-refractivity contribution in [2.45, 2.75) is 45.7 Å². The number of ether oxygens (including phenoxy) is 1. The number of anilines is 2. The second-order valence-corrected chi connectivity index (χ2v) is 12.0. The summed E-state index contributed by atoms with van der Waals surface area (Å²) in [5, 5.41) is 2.56. The molecule has 7 nitrogen and oxygen atoms in total. The number of hydrogen-bond acceptors (Lipinski definition) is 5. The van der Waals surface area contributed by atoms with E-state index in [2.05, 4.69) is 27.0 Å². The van der Waals surface area contributed by atoms with Crippen molar-refractivity contribution in [3.05, 3.63) is 89.2 Å².